The smallest absolute Gasteiger partial charge is 0.0847 e. The first-order valence-corrected chi connectivity index (χ1v) is 6.16. The second-order valence-electron chi connectivity index (χ2n) is 4.89. The summed E-state index contributed by atoms with van der Waals surface area (Å²) in [5.41, 5.74) is 8.13. The van der Waals surface area contributed by atoms with Crippen LogP contribution in [0, 0.1) is 12.8 Å². The highest BCUT2D eigenvalue weighted by atomic mass is 35.5. The molecule has 0 spiro atoms. The summed E-state index contributed by atoms with van der Waals surface area (Å²) in [5.74, 6) is 0.420. The fourth-order valence-corrected chi connectivity index (χ4v) is 2.15. The lowest BCUT2D eigenvalue weighted by Gasteiger charge is -2.32. The molecule has 1 rings (SSSR count). The van der Waals surface area contributed by atoms with E-state index in [4.69, 9.17) is 17.3 Å². The van der Waals surface area contributed by atoms with Crippen LogP contribution in [-0.4, -0.2) is 15.3 Å². The molecule has 16 heavy (non-hydrogen) atoms. The number of hydrogen-bond acceptors (Lipinski definition) is 2. The predicted molar refractivity (Wildman–Crippen MR) is 68.7 cm³/mol. The topological polar surface area (TPSA) is 43.8 Å². The number of aryl methyl sites for hydroxylation is 2. The van der Waals surface area contributed by atoms with E-state index in [0.717, 1.165) is 29.3 Å². The highest BCUT2D eigenvalue weighted by Gasteiger charge is 2.30. The predicted octanol–water partition coefficient (Wildman–Crippen LogP) is 2.69. The van der Waals surface area contributed by atoms with Crippen molar-refractivity contribution in [1.82, 2.24) is 9.78 Å². The number of nitrogens with two attached hydrogens (primary N) is 1. The first kappa shape index (κ1) is 13.5. The standard InChI is InChI=1S/C12H22ClN3/c1-6-12(14,8(2)3)7-10-11(13)9(4)15-16(10)5/h8H,6-7,14H2,1-5H3. The number of hydrogen-bond donors (Lipinski definition) is 1. The molecule has 0 amide bonds. The molecule has 1 unspecified atom stereocenters. The van der Waals surface area contributed by atoms with Gasteiger partial charge in [-0.15, -0.1) is 0 Å². The molecule has 0 aliphatic carbocycles. The Morgan fingerprint density at radius 2 is 2.06 bits per heavy atom. The molecule has 1 aromatic rings. The molecule has 0 aromatic carbocycles. The Balaban J connectivity index is 3.03. The van der Waals surface area contributed by atoms with Crippen molar-refractivity contribution in [2.45, 2.75) is 46.1 Å². The molecule has 0 saturated carbocycles. The van der Waals surface area contributed by atoms with Gasteiger partial charge in [0, 0.05) is 19.0 Å². The largest absolute Gasteiger partial charge is 0.325 e. The van der Waals surface area contributed by atoms with Crippen molar-refractivity contribution in [2.24, 2.45) is 18.7 Å². The molecule has 3 nitrogen and oxygen atoms in total. The third kappa shape index (κ3) is 2.41. The lowest BCUT2D eigenvalue weighted by molar-refractivity contribution is 0.290. The molecule has 92 valence electrons. The summed E-state index contributed by atoms with van der Waals surface area (Å²) in [7, 11) is 1.92. The van der Waals surface area contributed by atoms with Crippen molar-refractivity contribution in [3.05, 3.63) is 16.4 Å². The van der Waals surface area contributed by atoms with E-state index in [-0.39, 0.29) is 5.54 Å². The van der Waals surface area contributed by atoms with Crippen LogP contribution >= 0.6 is 11.6 Å². The van der Waals surface area contributed by atoms with Gasteiger partial charge in [-0.25, -0.2) is 0 Å². The maximum absolute atomic E-state index is 6.42. The average molecular weight is 244 g/mol. The van der Waals surface area contributed by atoms with Crippen LogP contribution in [0.1, 0.15) is 38.6 Å². The lowest BCUT2D eigenvalue weighted by Crippen LogP contribution is -2.47. The summed E-state index contributed by atoms with van der Waals surface area (Å²) in [4.78, 5) is 0. The van der Waals surface area contributed by atoms with Gasteiger partial charge < -0.3 is 5.73 Å². The molecule has 0 aliphatic rings. The van der Waals surface area contributed by atoms with Gasteiger partial charge in [0.2, 0.25) is 0 Å². The zero-order valence-corrected chi connectivity index (χ0v) is 11.6. The van der Waals surface area contributed by atoms with E-state index in [1.165, 1.54) is 0 Å². The van der Waals surface area contributed by atoms with Gasteiger partial charge in [-0.1, -0.05) is 32.4 Å². The maximum atomic E-state index is 6.42. The van der Waals surface area contributed by atoms with Crippen LogP contribution in [0.15, 0.2) is 0 Å². The van der Waals surface area contributed by atoms with E-state index < -0.39 is 0 Å². The van der Waals surface area contributed by atoms with Crippen molar-refractivity contribution in [1.29, 1.82) is 0 Å². The van der Waals surface area contributed by atoms with Gasteiger partial charge in [0.15, 0.2) is 0 Å². The zero-order chi connectivity index (χ0) is 12.5. The Morgan fingerprint density at radius 1 is 1.50 bits per heavy atom. The Hall–Kier alpha value is -0.540. The third-order valence-electron chi connectivity index (χ3n) is 3.57. The van der Waals surface area contributed by atoms with Crippen LogP contribution in [0.3, 0.4) is 0 Å². The van der Waals surface area contributed by atoms with E-state index in [9.17, 15) is 0 Å². The summed E-state index contributed by atoms with van der Waals surface area (Å²) in [5, 5.41) is 5.07. The Kier molecular flexibility index (Phi) is 4.02. The van der Waals surface area contributed by atoms with Gasteiger partial charge >= 0.3 is 0 Å². The number of nitrogens with zero attached hydrogens (tertiary/aromatic N) is 2. The summed E-state index contributed by atoms with van der Waals surface area (Å²) < 4.78 is 1.84. The van der Waals surface area contributed by atoms with Crippen LogP contribution < -0.4 is 5.73 Å². The molecule has 0 saturated heterocycles. The minimum absolute atomic E-state index is 0.204. The van der Waals surface area contributed by atoms with Gasteiger partial charge in [-0.05, 0) is 19.3 Å². The monoisotopic (exact) mass is 243 g/mol. The van der Waals surface area contributed by atoms with Gasteiger partial charge in [0.1, 0.15) is 0 Å². The normalized spacial score (nSPS) is 15.5. The first-order chi connectivity index (χ1) is 7.31. The molecule has 1 atom stereocenters. The molecule has 0 radical (unpaired) electrons. The number of rotatable bonds is 4. The Labute approximate surface area is 103 Å². The van der Waals surface area contributed by atoms with Crippen LogP contribution in [0.2, 0.25) is 5.02 Å². The van der Waals surface area contributed by atoms with Crippen LogP contribution in [0.5, 0.6) is 0 Å². The van der Waals surface area contributed by atoms with E-state index in [1.807, 2.05) is 18.7 Å². The molecule has 0 fully saturated rings. The molecule has 2 N–H and O–H groups in total. The quantitative estimate of drug-likeness (QED) is 0.884. The third-order valence-corrected chi connectivity index (χ3v) is 4.06. The SMILES string of the molecule is CCC(N)(Cc1c(Cl)c(C)nn1C)C(C)C. The van der Waals surface area contributed by atoms with E-state index in [0.29, 0.717) is 5.92 Å². The van der Waals surface area contributed by atoms with Gasteiger partial charge in [0.25, 0.3) is 0 Å². The first-order valence-electron chi connectivity index (χ1n) is 5.78. The Morgan fingerprint density at radius 3 is 2.38 bits per heavy atom. The summed E-state index contributed by atoms with van der Waals surface area (Å²) in [6.07, 6.45) is 1.71. The average Bonchev–Trinajstić information content (AvgIpc) is 2.44. The molecule has 1 aromatic heterocycles. The molecule has 0 bridgehead atoms. The molecular formula is C12H22ClN3. The molecular weight excluding hydrogens is 222 g/mol. The molecule has 1 heterocycles. The van der Waals surface area contributed by atoms with Crippen molar-refractivity contribution < 1.29 is 0 Å². The lowest BCUT2D eigenvalue weighted by atomic mass is 9.81. The minimum Gasteiger partial charge on any atom is -0.325 e. The van der Waals surface area contributed by atoms with Crippen molar-refractivity contribution in [3.8, 4) is 0 Å². The van der Waals surface area contributed by atoms with Crippen molar-refractivity contribution in [2.75, 3.05) is 0 Å². The highest BCUT2D eigenvalue weighted by molar-refractivity contribution is 6.31. The fourth-order valence-electron chi connectivity index (χ4n) is 1.92. The minimum atomic E-state index is -0.204. The summed E-state index contributed by atoms with van der Waals surface area (Å²) in [6, 6.07) is 0. The van der Waals surface area contributed by atoms with Crippen molar-refractivity contribution >= 4 is 11.6 Å². The number of aromatic nitrogens is 2. The van der Waals surface area contributed by atoms with Crippen LogP contribution in [0.25, 0.3) is 0 Å². The van der Waals surface area contributed by atoms with E-state index >= 15 is 0 Å². The Bertz CT molecular complexity index is 371. The fraction of sp³-hybridized carbons (Fsp3) is 0.750. The molecule has 0 aliphatic heterocycles. The maximum Gasteiger partial charge on any atom is 0.0847 e. The molecule has 4 heteroatoms. The van der Waals surface area contributed by atoms with E-state index in [1.54, 1.807) is 0 Å². The summed E-state index contributed by atoms with van der Waals surface area (Å²) >= 11 is 6.24. The van der Waals surface area contributed by atoms with Crippen molar-refractivity contribution in [3.63, 3.8) is 0 Å². The van der Waals surface area contributed by atoms with Gasteiger partial charge in [-0.2, -0.15) is 5.10 Å². The van der Waals surface area contributed by atoms with Crippen LogP contribution in [-0.2, 0) is 13.5 Å². The van der Waals surface area contributed by atoms with Gasteiger partial charge in [0.05, 0.1) is 16.4 Å². The van der Waals surface area contributed by atoms with Gasteiger partial charge in [-0.3, -0.25) is 4.68 Å². The summed E-state index contributed by atoms with van der Waals surface area (Å²) in [6.45, 7) is 8.35. The zero-order valence-electron chi connectivity index (χ0n) is 10.8. The van der Waals surface area contributed by atoms with E-state index in [2.05, 4.69) is 25.9 Å². The van der Waals surface area contributed by atoms with Crippen LogP contribution in [0.4, 0.5) is 0 Å². The second-order valence-corrected chi connectivity index (χ2v) is 5.27. The highest BCUT2D eigenvalue weighted by Crippen LogP contribution is 2.28. The second kappa shape index (κ2) is 4.76. The number of halogens is 1.